The number of benzene rings is 2. The van der Waals surface area contributed by atoms with Crippen LogP contribution in [0.1, 0.15) is 66.5 Å². The molecular weight excluding hydrogens is 509 g/mol. The summed E-state index contributed by atoms with van der Waals surface area (Å²) in [4.78, 5) is 25.0. The van der Waals surface area contributed by atoms with Crippen molar-refractivity contribution in [2.75, 3.05) is 10.6 Å². The molecule has 1 aliphatic carbocycles. The molecule has 0 bridgehead atoms. The number of carbonyl (C=O) groups is 1. The van der Waals surface area contributed by atoms with E-state index in [1.54, 1.807) is 4.57 Å². The summed E-state index contributed by atoms with van der Waals surface area (Å²) in [5, 5.41) is 16.4. The molecule has 0 radical (unpaired) electrons. The van der Waals surface area contributed by atoms with Gasteiger partial charge in [0.25, 0.3) is 0 Å². The molecule has 11 heteroatoms. The highest BCUT2D eigenvalue weighted by molar-refractivity contribution is 5.91. The first-order valence-electron chi connectivity index (χ1n) is 12.9. The third-order valence-electron chi connectivity index (χ3n) is 7.28. The van der Waals surface area contributed by atoms with E-state index in [-0.39, 0.29) is 30.1 Å². The summed E-state index contributed by atoms with van der Waals surface area (Å²) < 4.78 is 41.2. The van der Waals surface area contributed by atoms with Crippen molar-refractivity contribution >= 4 is 28.9 Å². The fourth-order valence-electron chi connectivity index (χ4n) is 4.77. The van der Waals surface area contributed by atoms with Crippen LogP contribution in [0.15, 0.2) is 54.6 Å². The topological polar surface area (TPSA) is 105 Å². The molecule has 1 fully saturated rings. The zero-order chi connectivity index (χ0) is 27.7. The number of aromatic carboxylic acids is 1. The molecule has 4 aromatic rings. The Morgan fingerprint density at radius 3 is 2.31 bits per heavy atom. The number of anilines is 2. The third kappa shape index (κ3) is 5.67. The summed E-state index contributed by atoms with van der Waals surface area (Å²) in [5.41, 5.74) is 1.54. The van der Waals surface area contributed by atoms with Gasteiger partial charge in [-0.05, 0) is 55.9 Å². The fraction of sp³-hybridized carbons (Fsp3) is 0.357. The minimum Gasteiger partial charge on any atom is -0.475 e. The van der Waals surface area contributed by atoms with Gasteiger partial charge in [0.1, 0.15) is 5.52 Å². The highest BCUT2D eigenvalue weighted by atomic mass is 19.4. The van der Waals surface area contributed by atoms with Gasteiger partial charge in [0.2, 0.25) is 11.8 Å². The number of nitrogens with zero attached hydrogens (tertiary/aromatic N) is 4. The lowest BCUT2D eigenvalue weighted by Crippen LogP contribution is -2.31. The van der Waals surface area contributed by atoms with Gasteiger partial charge in [0.05, 0.1) is 18.2 Å². The van der Waals surface area contributed by atoms with E-state index in [1.807, 2.05) is 44.2 Å². The zero-order valence-corrected chi connectivity index (χ0v) is 21.5. The number of fused-ring (bicyclic) bond motifs is 1. The maximum absolute atomic E-state index is 13.2. The molecule has 0 spiro atoms. The number of alkyl halides is 3. The first-order valence-corrected chi connectivity index (χ1v) is 12.9. The molecule has 1 aliphatic rings. The number of halogens is 3. The van der Waals surface area contributed by atoms with Gasteiger partial charge in [0, 0.05) is 6.04 Å². The number of carboxylic acid groups (broad SMARTS) is 1. The summed E-state index contributed by atoms with van der Waals surface area (Å²) in [5.74, 6) is -0.493. The van der Waals surface area contributed by atoms with Crippen LogP contribution in [-0.4, -0.2) is 36.6 Å². The number of carboxylic acids is 1. The molecule has 39 heavy (non-hydrogen) atoms. The van der Waals surface area contributed by atoms with Gasteiger partial charge in [-0.2, -0.15) is 18.2 Å². The minimum atomic E-state index is -4.44. The molecule has 2 aromatic carbocycles. The Kier molecular flexibility index (Phi) is 7.16. The van der Waals surface area contributed by atoms with Crippen LogP contribution in [0.2, 0.25) is 0 Å². The Morgan fingerprint density at radius 2 is 1.72 bits per heavy atom. The largest absolute Gasteiger partial charge is 0.475 e. The highest BCUT2D eigenvalue weighted by Gasteiger charge is 2.30. The second kappa shape index (κ2) is 10.5. The Hall–Kier alpha value is -4.15. The lowest BCUT2D eigenvalue weighted by Gasteiger charge is -2.32. The van der Waals surface area contributed by atoms with E-state index in [0.29, 0.717) is 28.8 Å². The number of hydrogen-bond acceptors (Lipinski definition) is 6. The second-order valence-electron chi connectivity index (χ2n) is 9.99. The summed E-state index contributed by atoms with van der Waals surface area (Å²) in [6.45, 7) is 4.16. The molecule has 0 aliphatic heterocycles. The van der Waals surface area contributed by atoms with Gasteiger partial charge >= 0.3 is 12.1 Å². The molecule has 2 atom stereocenters. The van der Waals surface area contributed by atoms with Crippen LogP contribution in [0.3, 0.4) is 0 Å². The van der Waals surface area contributed by atoms with Crippen molar-refractivity contribution in [2.45, 2.75) is 57.9 Å². The Balaban J connectivity index is 1.61. The van der Waals surface area contributed by atoms with Gasteiger partial charge in [0.15, 0.2) is 11.5 Å². The number of rotatable bonds is 9. The molecule has 0 amide bonds. The molecular formula is C28H29F3N6O2. The SMILES string of the molecule is CC(Nc1nc2nc(C(=O)O)nc(NC(C)C3CCC3)c2n1Cc1ccc(C(F)(F)F)cc1)c1ccccc1. The summed E-state index contributed by atoms with van der Waals surface area (Å²) in [7, 11) is 0. The zero-order valence-electron chi connectivity index (χ0n) is 21.5. The van der Waals surface area contributed by atoms with Crippen LogP contribution in [0.25, 0.3) is 11.2 Å². The number of hydrogen-bond donors (Lipinski definition) is 3. The first-order chi connectivity index (χ1) is 18.6. The van der Waals surface area contributed by atoms with Crippen LogP contribution < -0.4 is 10.6 Å². The third-order valence-corrected chi connectivity index (χ3v) is 7.28. The molecule has 5 rings (SSSR count). The van der Waals surface area contributed by atoms with E-state index in [2.05, 4.69) is 25.6 Å². The van der Waals surface area contributed by atoms with Crippen molar-refractivity contribution in [2.24, 2.45) is 5.92 Å². The van der Waals surface area contributed by atoms with Crippen molar-refractivity contribution in [3.05, 3.63) is 77.1 Å². The lowest BCUT2D eigenvalue weighted by molar-refractivity contribution is -0.137. The maximum atomic E-state index is 13.2. The lowest BCUT2D eigenvalue weighted by atomic mass is 9.80. The van der Waals surface area contributed by atoms with E-state index < -0.39 is 17.7 Å². The molecule has 2 heterocycles. The summed E-state index contributed by atoms with van der Waals surface area (Å²) in [6.07, 6.45) is -1.15. The van der Waals surface area contributed by atoms with Crippen LogP contribution >= 0.6 is 0 Å². The first kappa shape index (κ1) is 26.5. The molecule has 2 aromatic heterocycles. The van der Waals surface area contributed by atoms with E-state index >= 15 is 0 Å². The van der Waals surface area contributed by atoms with Gasteiger partial charge in [-0.15, -0.1) is 0 Å². The summed E-state index contributed by atoms with van der Waals surface area (Å²) >= 11 is 0. The smallest absolute Gasteiger partial charge is 0.416 e. The highest BCUT2D eigenvalue weighted by Crippen LogP contribution is 2.34. The van der Waals surface area contributed by atoms with Crippen molar-refractivity contribution in [1.82, 2.24) is 19.5 Å². The van der Waals surface area contributed by atoms with Crippen LogP contribution in [0, 0.1) is 5.92 Å². The average molecular weight is 539 g/mol. The monoisotopic (exact) mass is 538 g/mol. The van der Waals surface area contributed by atoms with Gasteiger partial charge in [-0.3, -0.25) is 0 Å². The molecule has 8 nitrogen and oxygen atoms in total. The molecule has 204 valence electrons. The van der Waals surface area contributed by atoms with E-state index in [4.69, 9.17) is 0 Å². The normalized spacial score (nSPS) is 15.5. The van der Waals surface area contributed by atoms with E-state index in [1.165, 1.54) is 12.1 Å². The molecule has 3 N–H and O–H groups in total. The van der Waals surface area contributed by atoms with Gasteiger partial charge in [-0.25, -0.2) is 14.8 Å². The van der Waals surface area contributed by atoms with Crippen molar-refractivity contribution in [3.63, 3.8) is 0 Å². The predicted octanol–water partition coefficient (Wildman–Crippen LogP) is 6.37. The van der Waals surface area contributed by atoms with Gasteiger partial charge in [-0.1, -0.05) is 48.9 Å². The number of aromatic nitrogens is 4. The Morgan fingerprint density at radius 1 is 1.03 bits per heavy atom. The predicted molar refractivity (Wildman–Crippen MR) is 142 cm³/mol. The van der Waals surface area contributed by atoms with Crippen molar-refractivity contribution in [1.29, 1.82) is 0 Å². The number of imidazole rings is 1. The van der Waals surface area contributed by atoms with Crippen LogP contribution in [0.4, 0.5) is 24.9 Å². The maximum Gasteiger partial charge on any atom is 0.416 e. The Labute approximate surface area is 223 Å². The minimum absolute atomic E-state index is 0.0348. The van der Waals surface area contributed by atoms with E-state index in [0.717, 1.165) is 37.0 Å². The van der Waals surface area contributed by atoms with Gasteiger partial charge < -0.3 is 20.3 Å². The van der Waals surface area contributed by atoms with Crippen molar-refractivity contribution in [3.8, 4) is 0 Å². The molecule has 0 saturated heterocycles. The second-order valence-corrected chi connectivity index (χ2v) is 9.99. The van der Waals surface area contributed by atoms with Crippen molar-refractivity contribution < 1.29 is 23.1 Å². The summed E-state index contributed by atoms with van der Waals surface area (Å²) in [6, 6.07) is 14.5. The van der Waals surface area contributed by atoms with Crippen LogP contribution in [-0.2, 0) is 12.7 Å². The Bertz CT molecular complexity index is 1470. The average Bonchev–Trinajstić information content (AvgIpc) is 3.20. The standard InChI is InChI=1S/C28H29F3N6O2/c1-16(20-9-6-10-20)32-23-22-24(35-25(34-23)26(38)39)36-27(33-17(2)19-7-4-3-5-8-19)37(22)15-18-11-13-21(14-12-18)28(29,30)31/h3-5,7-8,11-14,16-17,20H,6,9-10,15H2,1-2H3,(H,38,39)(H2,32,33,34,35,36). The quantitative estimate of drug-likeness (QED) is 0.228. The molecule has 1 saturated carbocycles. The number of nitrogens with one attached hydrogen (secondary N) is 2. The van der Waals surface area contributed by atoms with E-state index in [9.17, 15) is 23.1 Å². The fourth-order valence-corrected chi connectivity index (χ4v) is 4.77. The molecule has 2 unspecified atom stereocenters. The van der Waals surface area contributed by atoms with Crippen LogP contribution in [0.5, 0.6) is 0 Å².